The van der Waals surface area contributed by atoms with E-state index < -0.39 is 23.2 Å². The Morgan fingerprint density at radius 3 is 2.86 bits per heavy atom. The van der Waals surface area contributed by atoms with Gasteiger partial charge in [-0.25, -0.2) is 13.8 Å². The lowest BCUT2D eigenvalue weighted by atomic mass is 10.1. The lowest BCUT2D eigenvalue weighted by molar-refractivity contribution is 0.0936. The van der Waals surface area contributed by atoms with E-state index in [-0.39, 0.29) is 12.4 Å². The van der Waals surface area contributed by atoms with Crippen molar-refractivity contribution in [1.82, 2.24) is 20.4 Å². The maximum atomic E-state index is 13.4. The first-order valence-corrected chi connectivity index (χ1v) is 6.36. The third-order valence-corrected chi connectivity index (χ3v) is 2.52. The highest BCUT2D eigenvalue weighted by atomic mass is 19.1. The highest BCUT2D eigenvalue weighted by Gasteiger charge is 2.15. The molecule has 1 amide bonds. The van der Waals surface area contributed by atoms with Gasteiger partial charge in [0.1, 0.15) is 5.82 Å². The Labute approximate surface area is 119 Å². The van der Waals surface area contributed by atoms with Crippen LogP contribution >= 0.6 is 0 Å². The summed E-state index contributed by atoms with van der Waals surface area (Å²) in [6.07, 6.45) is 1.43. The molecule has 0 aromatic carbocycles. The number of carbonyl (C=O) groups is 1. The van der Waals surface area contributed by atoms with Crippen LogP contribution in [0.15, 0.2) is 16.8 Å². The molecule has 8 heteroatoms. The van der Waals surface area contributed by atoms with Crippen LogP contribution in [0.4, 0.5) is 8.78 Å². The highest BCUT2D eigenvalue weighted by Crippen LogP contribution is 2.07. The summed E-state index contributed by atoms with van der Waals surface area (Å²) in [5.74, 6) is -1.53. The zero-order valence-corrected chi connectivity index (χ0v) is 11.6. The van der Waals surface area contributed by atoms with E-state index in [0.717, 1.165) is 6.20 Å². The molecule has 2 aromatic heterocycles. The molecule has 0 aliphatic rings. The normalized spacial score (nSPS) is 10.9. The number of halogens is 2. The molecule has 21 heavy (non-hydrogen) atoms. The van der Waals surface area contributed by atoms with Crippen molar-refractivity contribution < 1.29 is 18.1 Å². The molecule has 0 bridgehead atoms. The second kappa shape index (κ2) is 6.38. The van der Waals surface area contributed by atoms with Gasteiger partial charge in [0.15, 0.2) is 17.3 Å². The van der Waals surface area contributed by atoms with E-state index in [1.165, 1.54) is 0 Å². The van der Waals surface area contributed by atoms with Crippen molar-refractivity contribution in [3.05, 3.63) is 41.3 Å². The van der Waals surface area contributed by atoms with Crippen LogP contribution in [0.5, 0.6) is 0 Å². The van der Waals surface area contributed by atoms with Gasteiger partial charge in [0, 0.05) is 12.5 Å². The summed E-state index contributed by atoms with van der Waals surface area (Å²) in [7, 11) is 0. The third-order valence-electron chi connectivity index (χ3n) is 2.52. The van der Waals surface area contributed by atoms with Gasteiger partial charge in [-0.05, 0) is 5.92 Å². The first kappa shape index (κ1) is 15.0. The maximum Gasteiger partial charge on any atom is 0.273 e. The molecule has 0 radical (unpaired) electrons. The first-order chi connectivity index (χ1) is 9.95. The predicted molar refractivity (Wildman–Crippen MR) is 68.2 cm³/mol. The van der Waals surface area contributed by atoms with Crippen LogP contribution in [0, 0.1) is 17.6 Å². The van der Waals surface area contributed by atoms with E-state index in [1.54, 1.807) is 0 Å². The minimum Gasteiger partial charge on any atom is -0.342 e. The van der Waals surface area contributed by atoms with E-state index in [0.29, 0.717) is 24.2 Å². The molecule has 2 aromatic rings. The number of hydrogen-bond donors (Lipinski definition) is 1. The minimum atomic E-state index is -1.03. The summed E-state index contributed by atoms with van der Waals surface area (Å²) in [5.41, 5.74) is -0.488. The number of carbonyl (C=O) groups excluding carboxylic acids is 1. The Morgan fingerprint density at radius 2 is 2.19 bits per heavy atom. The van der Waals surface area contributed by atoms with E-state index in [2.05, 4.69) is 20.4 Å². The Kier molecular flexibility index (Phi) is 4.56. The lowest BCUT2D eigenvalue weighted by Crippen LogP contribution is -2.25. The number of aromatic nitrogens is 3. The average molecular weight is 296 g/mol. The van der Waals surface area contributed by atoms with Crippen LogP contribution in [0.2, 0.25) is 0 Å². The quantitative estimate of drug-likeness (QED) is 0.911. The topological polar surface area (TPSA) is 80.9 Å². The van der Waals surface area contributed by atoms with E-state index in [9.17, 15) is 13.6 Å². The monoisotopic (exact) mass is 296 g/mol. The Balaban J connectivity index is 1.96. The van der Waals surface area contributed by atoms with Crippen LogP contribution in [0.1, 0.15) is 36.1 Å². The molecule has 0 aliphatic heterocycles. The predicted octanol–water partition coefficient (Wildman–Crippen LogP) is 1.87. The number of pyridine rings is 1. The van der Waals surface area contributed by atoms with Crippen molar-refractivity contribution in [3.8, 4) is 0 Å². The van der Waals surface area contributed by atoms with Crippen LogP contribution in [0.25, 0.3) is 0 Å². The standard InChI is InChI=1S/C13H14F2N4O2/c1-7(2)3-10-18-11(21-19-10)6-17-13(20)12-9(15)4-8(14)5-16-12/h4-5,7H,3,6H2,1-2H3,(H,17,20). The molecule has 6 nitrogen and oxygen atoms in total. The molecular weight excluding hydrogens is 282 g/mol. The molecule has 2 rings (SSSR count). The maximum absolute atomic E-state index is 13.4. The van der Waals surface area contributed by atoms with Crippen LogP contribution in [0.3, 0.4) is 0 Å². The van der Waals surface area contributed by atoms with Crippen LogP contribution in [-0.2, 0) is 13.0 Å². The van der Waals surface area contributed by atoms with Gasteiger partial charge >= 0.3 is 0 Å². The average Bonchev–Trinajstić information content (AvgIpc) is 2.82. The molecule has 112 valence electrons. The van der Waals surface area contributed by atoms with E-state index in [4.69, 9.17) is 4.52 Å². The summed E-state index contributed by atoms with van der Waals surface area (Å²) >= 11 is 0. The molecule has 0 fully saturated rings. The molecule has 2 heterocycles. The summed E-state index contributed by atoms with van der Waals surface area (Å²) in [4.78, 5) is 19.2. The fourth-order valence-electron chi connectivity index (χ4n) is 1.63. The fraction of sp³-hybridized carbons (Fsp3) is 0.385. The number of hydrogen-bond acceptors (Lipinski definition) is 5. The molecule has 0 aliphatic carbocycles. The van der Waals surface area contributed by atoms with Gasteiger partial charge in [-0.2, -0.15) is 4.98 Å². The minimum absolute atomic E-state index is 0.0531. The van der Waals surface area contributed by atoms with E-state index in [1.807, 2.05) is 13.8 Å². The van der Waals surface area contributed by atoms with Crippen LogP contribution in [-0.4, -0.2) is 21.0 Å². The van der Waals surface area contributed by atoms with Crippen molar-refractivity contribution in [2.45, 2.75) is 26.8 Å². The highest BCUT2D eigenvalue weighted by molar-refractivity contribution is 5.92. The number of amides is 1. The van der Waals surface area contributed by atoms with Gasteiger partial charge < -0.3 is 9.84 Å². The Hall–Kier alpha value is -2.38. The number of nitrogens with one attached hydrogen (secondary N) is 1. The van der Waals surface area contributed by atoms with E-state index >= 15 is 0 Å². The molecule has 0 spiro atoms. The van der Waals surface area contributed by atoms with Gasteiger partial charge in [-0.15, -0.1) is 0 Å². The molecular formula is C13H14F2N4O2. The first-order valence-electron chi connectivity index (χ1n) is 6.36. The summed E-state index contributed by atoms with van der Waals surface area (Å²) < 4.78 is 31.0. The van der Waals surface area contributed by atoms with Crippen molar-refractivity contribution in [3.63, 3.8) is 0 Å². The van der Waals surface area contributed by atoms with Crippen molar-refractivity contribution in [2.75, 3.05) is 0 Å². The molecule has 1 N–H and O–H groups in total. The van der Waals surface area contributed by atoms with Gasteiger partial charge in [0.05, 0.1) is 12.7 Å². The van der Waals surface area contributed by atoms with Gasteiger partial charge in [0.2, 0.25) is 5.89 Å². The Bertz CT molecular complexity index is 643. The van der Waals surface area contributed by atoms with Gasteiger partial charge in [-0.1, -0.05) is 19.0 Å². The largest absolute Gasteiger partial charge is 0.342 e. The second-order valence-electron chi connectivity index (χ2n) is 4.87. The summed E-state index contributed by atoms with van der Waals surface area (Å²) in [6.45, 7) is 3.98. The van der Waals surface area contributed by atoms with Crippen molar-refractivity contribution in [1.29, 1.82) is 0 Å². The Morgan fingerprint density at radius 1 is 1.43 bits per heavy atom. The lowest BCUT2D eigenvalue weighted by Gasteiger charge is -2.02. The summed E-state index contributed by atoms with van der Waals surface area (Å²) in [6, 6.07) is 0.593. The zero-order chi connectivity index (χ0) is 15.4. The van der Waals surface area contributed by atoms with Gasteiger partial charge in [0.25, 0.3) is 5.91 Å². The van der Waals surface area contributed by atoms with Crippen molar-refractivity contribution >= 4 is 5.91 Å². The number of nitrogens with zero attached hydrogens (tertiary/aromatic N) is 3. The van der Waals surface area contributed by atoms with Gasteiger partial charge in [-0.3, -0.25) is 4.79 Å². The van der Waals surface area contributed by atoms with Crippen molar-refractivity contribution in [2.24, 2.45) is 5.92 Å². The number of rotatable bonds is 5. The zero-order valence-electron chi connectivity index (χ0n) is 11.6. The van der Waals surface area contributed by atoms with Crippen LogP contribution < -0.4 is 5.32 Å². The molecule has 0 saturated carbocycles. The molecule has 0 unspecified atom stereocenters. The molecule has 0 atom stereocenters. The fourth-order valence-corrected chi connectivity index (χ4v) is 1.63. The molecule has 0 saturated heterocycles. The SMILES string of the molecule is CC(C)Cc1noc(CNC(=O)c2ncc(F)cc2F)n1. The summed E-state index contributed by atoms with van der Waals surface area (Å²) in [5, 5.41) is 6.14. The second-order valence-corrected chi connectivity index (χ2v) is 4.87. The third kappa shape index (κ3) is 4.04. The smallest absolute Gasteiger partial charge is 0.273 e.